The van der Waals surface area contributed by atoms with E-state index in [4.69, 9.17) is 19.9 Å². The van der Waals surface area contributed by atoms with Crippen molar-refractivity contribution in [2.45, 2.75) is 6.42 Å². The number of carbonyl (C=O) groups excluding carboxylic acids is 2. The minimum atomic E-state index is -0.613. The molecule has 1 aliphatic heterocycles. The molecule has 0 unspecified atom stereocenters. The van der Waals surface area contributed by atoms with Gasteiger partial charge < -0.3 is 25.3 Å². The van der Waals surface area contributed by atoms with Gasteiger partial charge >= 0.3 is 0 Å². The summed E-state index contributed by atoms with van der Waals surface area (Å²) < 4.78 is 16.5. The third kappa shape index (κ3) is 4.20. The second kappa shape index (κ2) is 7.57. The van der Waals surface area contributed by atoms with Crippen LogP contribution in [-0.2, 0) is 4.79 Å². The highest BCUT2D eigenvalue weighted by Crippen LogP contribution is 2.32. The van der Waals surface area contributed by atoms with Crippen LogP contribution in [0.15, 0.2) is 42.5 Å². The van der Waals surface area contributed by atoms with Gasteiger partial charge in [0.15, 0.2) is 18.1 Å². The van der Waals surface area contributed by atoms with Crippen LogP contribution in [0, 0.1) is 0 Å². The van der Waals surface area contributed by atoms with Gasteiger partial charge in [0.25, 0.3) is 11.8 Å². The molecule has 1 aliphatic rings. The van der Waals surface area contributed by atoms with Crippen molar-refractivity contribution in [3.63, 3.8) is 0 Å². The zero-order valence-electron chi connectivity index (χ0n) is 13.5. The highest BCUT2D eigenvalue weighted by Gasteiger charge is 2.15. The Morgan fingerprint density at radius 1 is 1.08 bits per heavy atom. The molecule has 2 aromatic carbocycles. The van der Waals surface area contributed by atoms with Crippen molar-refractivity contribution < 1.29 is 23.8 Å². The zero-order valence-corrected chi connectivity index (χ0v) is 13.5. The molecule has 7 nitrogen and oxygen atoms in total. The molecule has 0 spiro atoms. The fraction of sp³-hybridized carbons (Fsp3) is 0.222. The summed E-state index contributed by atoms with van der Waals surface area (Å²) in [5.41, 5.74) is 5.95. The van der Waals surface area contributed by atoms with E-state index in [9.17, 15) is 9.59 Å². The number of carbonyl (C=O) groups is 2. The smallest absolute Gasteiger partial charge is 0.259 e. The van der Waals surface area contributed by atoms with E-state index in [-0.39, 0.29) is 18.3 Å². The maximum Gasteiger partial charge on any atom is 0.259 e. The Balaban J connectivity index is 1.76. The molecule has 7 heteroatoms. The van der Waals surface area contributed by atoms with Crippen LogP contribution in [0.3, 0.4) is 0 Å². The predicted molar refractivity (Wildman–Crippen MR) is 91.1 cm³/mol. The number of hydrogen-bond donors (Lipinski definition) is 2. The lowest BCUT2D eigenvalue weighted by Crippen LogP contribution is -2.21. The van der Waals surface area contributed by atoms with Gasteiger partial charge in [0.1, 0.15) is 5.75 Å². The number of nitrogens with one attached hydrogen (secondary N) is 1. The third-order valence-corrected chi connectivity index (χ3v) is 3.51. The van der Waals surface area contributed by atoms with Crippen molar-refractivity contribution in [3.8, 4) is 17.2 Å². The number of rotatable bonds is 5. The summed E-state index contributed by atoms with van der Waals surface area (Å²) in [5.74, 6) is 0.551. The first-order valence-electron chi connectivity index (χ1n) is 7.84. The van der Waals surface area contributed by atoms with Crippen molar-refractivity contribution in [1.29, 1.82) is 0 Å². The van der Waals surface area contributed by atoms with Crippen LogP contribution >= 0.6 is 0 Å². The molecular formula is C18H18N2O5. The van der Waals surface area contributed by atoms with E-state index in [1.165, 1.54) is 0 Å². The lowest BCUT2D eigenvalue weighted by Gasteiger charge is -2.12. The van der Waals surface area contributed by atoms with Crippen molar-refractivity contribution in [2.75, 3.05) is 25.1 Å². The van der Waals surface area contributed by atoms with E-state index in [2.05, 4.69) is 5.32 Å². The van der Waals surface area contributed by atoms with Gasteiger partial charge in [-0.15, -0.1) is 0 Å². The van der Waals surface area contributed by atoms with Gasteiger partial charge in [0.05, 0.1) is 18.8 Å². The van der Waals surface area contributed by atoms with Crippen molar-refractivity contribution in [1.82, 2.24) is 0 Å². The van der Waals surface area contributed by atoms with Crippen LogP contribution in [0.5, 0.6) is 17.2 Å². The number of primary amides is 1. The molecule has 0 saturated heterocycles. The summed E-state index contributed by atoms with van der Waals surface area (Å²) >= 11 is 0. The molecule has 0 bridgehead atoms. The van der Waals surface area contributed by atoms with Crippen LogP contribution in [-0.4, -0.2) is 31.6 Å². The molecule has 0 saturated carbocycles. The second-order valence-corrected chi connectivity index (χ2v) is 5.42. The maximum absolute atomic E-state index is 12.5. The molecule has 3 rings (SSSR count). The summed E-state index contributed by atoms with van der Waals surface area (Å²) in [6, 6.07) is 11.8. The first-order valence-corrected chi connectivity index (χ1v) is 7.84. The molecule has 2 aromatic rings. The van der Waals surface area contributed by atoms with Crippen molar-refractivity contribution >= 4 is 17.5 Å². The van der Waals surface area contributed by atoms with Crippen molar-refractivity contribution in [3.05, 3.63) is 48.0 Å². The van der Waals surface area contributed by atoms with Gasteiger partial charge in [0, 0.05) is 18.2 Å². The van der Waals surface area contributed by atoms with Gasteiger partial charge in [0.2, 0.25) is 0 Å². The summed E-state index contributed by atoms with van der Waals surface area (Å²) in [4.78, 5) is 23.4. The quantitative estimate of drug-likeness (QED) is 0.865. The van der Waals surface area contributed by atoms with Crippen molar-refractivity contribution in [2.24, 2.45) is 5.73 Å². The highest BCUT2D eigenvalue weighted by atomic mass is 16.5. The van der Waals surface area contributed by atoms with E-state index >= 15 is 0 Å². The number of anilines is 1. The Morgan fingerprint density at radius 2 is 1.84 bits per heavy atom. The zero-order chi connectivity index (χ0) is 17.6. The van der Waals surface area contributed by atoms with Crippen LogP contribution in [0.25, 0.3) is 0 Å². The van der Waals surface area contributed by atoms with Gasteiger partial charge in [-0.25, -0.2) is 0 Å². The first-order chi connectivity index (χ1) is 12.1. The van der Waals surface area contributed by atoms with Crippen LogP contribution in [0.1, 0.15) is 16.8 Å². The Labute approximate surface area is 144 Å². The van der Waals surface area contributed by atoms with E-state index < -0.39 is 5.91 Å². The Hall–Kier alpha value is -3.22. The van der Waals surface area contributed by atoms with Gasteiger partial charge in [-0.2, -0.15) is 0 Å². The number of ether oxygens (including phenoxy) is 3. The van der Waals surface area contributed by atoms with Gasteiger partial charge in [-0.1, -0.05) is 12.1 Å². The summed E-state index contributed by atoms with van der Waals surface area (Å²) in [6.07, 6.45) is 0.806. The largest absolute Gasteiger partial charge is 0.490 e. The molecule has 1 heterocycles. The molecule has 0 atom stereocenters. The second-order valence-electron chi connectivity index (χ2n) is 5.42. The molecular weight excluding hydrogens is 324 g/mol. The SMILES string of the molecule is NC(=O)COc1ccccc1C(=O)Nc1ccc2c(c1)OCCCO2. The Kier molecular flexibility index (Phi) is 5.03. The first kappa shape index (κ1) is 16.6. The van der Waals surface area contributed by atoms with Crippen LogP contribution < -0.4 is 25.3 Å². The molecule has 0 radical (unpaired) electrons. The summed E-state index contributed by atoms with van der Waals surface area (Å²) in [6.45, 7) is 0.867. The Morgan fingerprint density at radius 3 is 2.64 bits per heavy atom. The Bertz CT molecular complexity index is 791. The number of para-hydroxylation sites is 1. The average Bonchev–Trinajstić information content (AvgIpc) is 2.85. The maximum atomic E-state index is 12.5. The van der Waals surface area contributed by atoms with Gasteiger partial charge in [-0.05, 0) is 24.3 Å². The van der Waals surface area contributed by atoms with E-state index in [1.54, 1.807) is 42.5 Å². The number of hydrogen-bond acceptors (Lipinski definition) is 5. The molecule has 25 heavy (non-hydrogen) atoms. The van der Waals surface area contributed by atoms with E-state index in [0.29, 0.717) is 36.0 Å². The lowest BCUT2D eigenvalue weighted by molar-refractivity contribution is -0.119. The third-order valence-electron chi connectivity index (χ3n) is 3.51. The topological polar surface area (TPSA) is 99.9 Å². The standard InChI is InChI=1S/C18H18N2O5/c19-17(21)11-25-14-5-2-1-4-13(14)18(22)20-12-6-7-15-16(10-12)24-9-3-8-23-15/h1-2,4-7,10H,3,8-9,11H2,(H2,19,21)(H,20,22). The fourth-order valence-corrected chi connectivity index (χ4v) is 2.37. The fourth-order valence-electron chi connectivity index (χ4n) is 2.37. The minimum absolute atomic E-state index is 0.285. The van der Waals surface area contributed by atoms with Gasteiger partial charge in [-0.3, -0.25) is 9.59 Å². The van der Waals surface area contributed by atoms with Crippen LogP contribution in [0.2, 0.25) is 0 Å². The van der Waals surface area contributed by atoms with Crippen LogP contribution in [0.4, 0.5) is 5.69 Å². The number of amides is 2. The molecule has 0 aliphatic carbocycles. The summed E-state index contributed by atoms with van der Waals surface area (Å²) in [7, 11) is 0. The molecule has 0 fully saturated rings. The predicted octanol–water partition coefficient (Wildman–Crippen LogP) is 1.96. The number of fused-ring (bicyclic) bond motifs is 1. The molecule has 2 amide bonds. The minimum Gasteiger partial charge on any atom is -0.490 e. The number of benzene rings is 2. The molecule has 3 N–H and O–H groups in total. The normalized spacial score (nSPS) is 12.8. The average molecular weight is 342 g/mol. The lowest BCUT2D eigenvalue weighted by atomic mass is 10.1. The highest BCUT2D eigenvalue weighted by molar-refractivity contribution is 6.06. The molecule has 0 aromatic heterocycles. The number of nitrogens with two attached hydrogens (primary N) is 1. The van der Waals surface area contributed by atoms with E-state index in [0.717, 1.165) is 6.42 Å². The molecule has 130 valence electrons. The van der Waals surface area contributed by atoms with E-state index in [1.807, 2.05) is 0 Å². The monoisotopic (exact) mass is 342 g/mol. The summed E-state index contributed by atoms with van der Waals surface area (Å²) in [5, 5.41) is 2.79.